The Bertz CT molecular complexity index is 492. The Morgan fingerprint density at radius 2 is 1.95 bits per heavy atom. The summed E-state index contributed by atoms with van der Waals surface area (Å²) in [6, 6.07) is 8.19. The average Bonchev–Trinajstić information content (AvgIpc) is 2.52. The van der Waals surface area contributed by atoms with Crippen molar-refractivity contribution in [2.45, 2.75) is 37.3 Å². The third-order valence-electron chi connectivity index (χ3n) is 3.29. The summed E-state index contributed by atoms with van der Waals surface area (Å²) in [7, 11) is 0. The van der Waals surface area contributed by atoms with Crippen LogP contribution in [0.3, 0.4) is 0 Å². The van der Waals surface area contributed by atoms with E-state index in [0.717, 1.165) is 5.56 Å². The van der Waals surface area contributed by atoms with E-state index in [0.29, 0.717) is 0 Å². The lowest BCUT2D eigenvalue weighted by Crippen LogP contribution is -2.58. The molecule has 114 valence electrons. The molecular weight excluding hydrogens is 278 g/mol. The quantitative estimate of drug-likeness (QED) is 0.409. The third-order valence-corrected chi connectivity index (χ3v) is 3.29. The van der Waals surface area contributed by atoms with Gasteiger partial charge in [0.05, 0.1) is 31.5 Å². The first-order valence-electron chi connectivity index (χ1n) is 6.49. The maximum Gasteiger partial charge on any atom is 0.186 e. The highest BCUT2D eigenvalue weighted by Gasteiger charge is 2.44. The second kappa shape index (κ2) is 7.37. The van der Waals surface area contributed by atoms with Gasteiger partial charge in [-0.05, 0) is 11.1 Å². The molecule has 21 heavy (non-hydrogen) atoms. The highest BCUT2D eigenvalue weighted by atomic mass is 16.7. The molecule has 0 aliphatic carbocycles. The Hall–Kier alpha value is -1.67. The molecule has 0 aromatic heterocycles. The largest absolute Gasteiger partial charge is 0.394 e. The summed E-state index contributed by atoms with van der Waals surface area (Å²) in [5.74, 6) is 0. The van der Waals surface area contributed by atoms with Gasteiger partial charge in [-0.15, -0.1) is 0 Å². The zero-order valence-corrected chi connectivity index (χ0v) is 11.2. The van der Waals surface area contributed by atoms with Gasteiger partial charge in [-0.3, -0.25) is 0 Å². The molecule has 0 saturated carbocycles. The van der Waals surface area contributed by atoms with Crippen LogP contribution in [0.1, 0.15) is 5.56 Å². The Labute approximate surface area is 121 Å². The van der Waals surface area contributed by atoms with E-state index in [1.807, 2.05) is 30.3 Å². The van der Waals surface area contributed by atoms with Gasteiger partial charge in [0, 0.05) is 4.91 Å². The fourth-order valence-electron chi connectivity index (χ4n) is 2.16. The van der Waals surface area contributed by atoms with Crippen LogP contribution in [0, 0.1) is 0 Å². The van der Waals surface area contributed by atoms with E-state index in [4.69, 9.17) is 15.0 Å². The Morgan fingerprint density at radius 1 is 1.24 bits per heavy atom. The SMILES string of the molecule is [N-]=[N+]=N[C@@H]1[C@@H](O)[C@@H](O)[C@H](OCc2ccccc2)O[C@H]1CO. The summed E-state index contributed by atoms with van der Waals surface area (Å²) in [6.45, 7) is -0.279. The maximum absolute atomic E-state index is 9.96. The summed E-state index contributed by atoms with van der Waals surface area (Å²) in [5.41, 5.74) is 9.33. The van der Waals surface area contributed by atoms with Gasteiger partial charge in [-0.1, -0.05) is 35.4 Å². The molecule has 1 aliphatic rings. The van der Waals surface area contributed by atoms with E-state index in [1.165, 1.54) is 0 Å². The molecule has 3 N–H and O–H groups in total. The molecule has 0 radical (unpaired) electrons. The van der Waals surface area contributed by atoms with Crippen LogP contribution in [0.5, 0.6) is 0 Å². The van der Waals surface area contributed by atoms with Gasteiger partial charge in [0.2, 0.25) is 0 Å². The van der Waals surface area contributed by atoms with Crippen molar-refractivity contribution in [2.75, 3.05) is 6.61 Å². The van der Waals surface area contributed by atoms with E-state index < -0.39 is 37.3 Å². The number of rotatable bonds is 5. The van der Waals surface area contributed by atoms with E-state index in [2.05, 4.69) is 10.0 Å². The molecule has 2 rings (SSSR count). The Morgan fingerprint density at radius 3 is 2.57 bits per heavy atom. The minimum absolute atomic E-state index is 0.180. The van der Waals surface area contributed by atoms with Crippen molar-refractivity contribution >= 4 is 0 Å². The van der Waals surface area contributed by atoms with Crippen LogP contribution < -0.4 is 0 Å². The third kappa shape index (κ3) is 3.70. The van der Waals surface area contributed by atoms with Crippen LogP contribution in [-0.4, -0.2) is 52.6 Å². The van der Waals surface area contributed by atoms with Crippen LogP contribution in [-0.2, 0) is 16.1 Å². The molecule has 1 fully saturated rings. The molecule has 0 spiro atoms. The summed E-state index contributed by atoms with van der Waals surface area (Å²) < 4.78 is 10.8. The molecule has 0 amide bonds. The molecule has 0 unspecified atom stereocenters. The summed E-state index contributed by atoms with van der Waals surface area (Å²) in [4.78, 5) is 2.58. The lowest BCUT2D eigenvalue weighted by Gasteiger charge is -2.40. The number of benzene rings is 1. The Balaban J connectivity index is 2.02. The summed E-state index contributed by atoms with van der Waals surface area (Å²) >= 11 is 0. The van der Waals surface area contributed by atoms with E-state index in [1.54, 1.807) is 0 Å². The molecule has 1 aliphatic heterocycles. The van der Waals surface area contributed by atoms with E-state index in [-0.39, 0.29) is 6.61 Å². The molecule has 0 bridgehead atoms. The molecule has 1 aromatic rings. The normalized spacial score (nSPS) is 32.4. The molecule has 1 heterocycles. The first kappa shape index (κ1) is 15.7. The predicted octanol–water partition coefficient (Wildman–Crippen LogP) is 0.321. The number of aliphatic hydroxyl groups is 3. The smallest absolute Gasteiger partial charge is 0.186 e. The van der Waals surface area contributed by atoms with Crippen LogP contribution in [0.25, 0.3) is 10.4 Å². The average molecular weight is 295 g/mol. The topological polar surface area (TPSA) is 128 Å². The van der Waals surface area contributed by atoms with Gasteiger partial charge in [0.25, 0.3) is 0 Å². The lowest BCUT2D eigenvalue weighted by molar-refractivity contribution is -0.280. The molecule has 5 atom stereocenters. The first-order chi connectivity index (χ1) is 10.2. The summed E-state index contributed by atoms with van der Waals surface area (Å²) in [6.07, 6.45) is -4.78. The predicted molar refractivity (Wildman–Crippen MR) is 71.9 cm³/mol. The summed E-state index contributed by atoms with van der Waals surface area (Å²) in [5, 5.41) is 32.5. The first-order valence-corrected chi connectivity index (χ1v) is 6.49. The van der Waals surface area contributed by atoms with Crippen molar-refractivity contribution in [3.05, 3.63) is 46.3 Å². The van der Waals surface area contributed by atoms with Crippen molar-refractivity contribution in [1.29, 1.82) is 0 Å². The van der Waals surface area contributed by atoms with Crippen molar-refractivity contribution < 1.29 is 24.8 Å². The minimum Gasteiger partial charge on any atom is -0.394 e. The number of nitrogens with zero attached hydrogens (tertiary/aromatic N) is 3. The molecule has 1 saturated heterocycles. The van der Waals surface area contributed by atoms with Crippen molar-refractivity contribution in [3.8, 4) is 0 Å². The second-order valence-electron chi connectivity index (χ2n) is 4.70. The van der Waals surface area contributed by atoms with Gasteiger partial charge < -0.3 is 24.8 Å². The number of ether oxygens (including phenoxy) is 2. The fraction of sp³-hybridized carbons (Fsp3) is 0.538. The molecular formula is C13H17N3O5. The Kier molecular flexibility index (Phi) is 5.51. The van der Waals surface area contributed by atoms with Gasteiger partial charge >= 0.3 is 0 Å². The van der Waals surface area contributed by atoms with Crippen molar-refractivity contribution in [2.24, 2.45) is 5.11 Å². The molecule has 8 heteroatoms. The van der Waals surface area contributed by atoms with Crippen molar-refractivity contribution in [3.63, 3.8) is 0 Å². The van der Waals surface area contributed by atoms with E-state index >= 15 is 0 Å². The van der Waals surface area contributed by atoms with Gasteiger partial charge in [0.15, 0.2) is 6.29 Å². The molecule has 8 nitrogen and oxygen atoms in total. The monoisotopic (exact) mass is 295 g/mol. The fourth-order valence-corrected chi connectivity index (χ4v) is 2.16. The number of hydrogen-bond donors (Lipinski definition) is 3. The zero-order valence-electron chi connectivity index (χ0n) is 11.2. The van der Waals surface area contributed by atoms with Crippen LogP contribution >= 0.6 is 0 Å². The van der Waals surface area contributed by atoms with Crippen molar-refractivity contribution in [1.82, 2.24) is 0 Å². The zero-order chi connectivity index (χ0) is 15.2. The second-order valence-corrected chi connectivity index (χ2v) is 4.70. The lowest BCUT2D eigenvalue weighted by atomic mass is 9.97. The highest BCUT2D eigenvalue weighted by Crippen LogP contribution is 2.25. The maximum atomic E-state index is 9.96. The number of azide groups is 1. The number of hydrogen-bond acceptors (Lipinski definition) is 6. The van der Waals surface area contributed by atoms with Crippen LogP contribution in [0.2, 0.25) is 0 Å². The van der Waals surface area contributed by atoms with Gasteiger partial charge in [-0.2, -0.15) is 0 Å². The van der Waals surface area contributed by atoms with Crippen LogP contribution in [0.15, 0.2) is 35.4 Å². The number of aliphatic hydroxyl groups excluding tert-OH is 3. The van der Waals surface area contributed by atoms with Gasteiger partial charge in [-0.25, -0.2) is 0 Å². The van der Waals surface area contributed by atoms with E-state index in [9.17, 15) is 15.3 Å². The molecule has 1 aromatic carbocycles. The minimum atomic E-state index is -1.37. The van der Waals surface area contributed by atoms with Gasteiger partial charge in [0.1, 0.15) is 6.10 Å². The standard InChI is InChI=1S/C13H17N3O5/c14-16-15-10-9(6-17)21-13(12(19)11(10)18)20-7-8-4-2-1-3-5-8/h1-5,9-13,17-19H,6-7H2/t9-,10-,11+,12+,13+/m0/s1. The van der Waals surface area contributed by atoms with Crippen LogP contribution in [0.4, 0.5) is 0 Å². The highest BCUT2D eigenvalue weighted by molar-refractivity contribution is 5.13.